The van der Waals surface area contributed by atoms with Gasteiger partial charge in [-0.15, -0.1) is 0 Å². The Kier molecular flexibility index (Phi) is 7.12. The Morgan fingerprint density at radius 1 is 0.943 bits per heavy atom. The van der Waals surface area contributed by atoms with Gasteiger partial charge in [0.25, 0.3) is 17.7 Å². The molecule has 8 nitrogen and oxygen atoms in total. The van der Waals surface area contributed by atoms with Crippen LogP contribution in [0, 0.1) is 0 Å². The molecule has 1 unspecified atom stereocenters. The number of imide groups is 1. The summed E-state index contributed by atoms with van der Waals surface area (Å²) in [7, 11) is 1.48. The number of anilines is 1. The topological polar surface area (TPSA) is 102 Å². The van der Waals surface area contributed by atoms with Gasteiger partial charge in [0.05, 0.1) is 29.7 Å². The van der Waals surface area contributed by atoms with Gasteiger partial charge < -0.3 is 14.8 Å². The van der Waals surface area contributed by atoms with Crippen LogP contribution in [0.25, 0.3) is 0 Å². The lowest BCUT2D eigenvalue weighted by Gasteiger charge is -2.19. The average molecular weight is 493 g/mol. The molecule has 3 aromatic rings. The van der Waals surface area contributed by atoms with E-state index in [1.807, 2.05) is 0 Å². The van der Waals surface area contributed by atoms with Crippen LogP contribution in [0.15, 0.2) is 72.8 Å². The summed E-state index contributed by atoms with van der Waals surface area (Å²) < 4.78 is 10.6. The van der Waals surface area contributed by atoms with Crippen molar-refractivity contribution in [2.45, 2.75) is 12.5 Å². The Balaban J connectivity index is 1.45. The van der Waals surface area contributed by atoms with E-state index >= 15 is 0 Å². The highest BCUT2D eigenvalue weighted by molar-refractivity contribution is 6.32. The van der Waals surface area contributed by atoms with Crippen LogP contribution in [0.5, 0.6) is 5.75 Å². The van der Waals surface area contributed by atoms with Gasteiger partial charge in [0, 0.05) is 17.8 Å². The van der Waals surface area contributed by atoms with Gasteiger partial charge in [-0.3, -0.25) is 24.1 Å². The summed E-state index contributed by atoms with van der Waals surface area (Å²) in [5.41, 5.74) is 1.44. The molecule has 0 fully saturated rings. The molecule has 3 amide bonds. The summed E-state index contributed by atoms with van der Waals surface area (Å²) in [6.45, 7) is -0.164. The maximum Gasteiger partial charge on any atom is 0.308 e. The maximum absolute atomic E-state index is 13.0. The van der Waals surface area contributed by atoms with E-state index in [1.54, 1.807) is 66.7 Å². The minimum atomic E-state index is -1.26. The molecule has 0 aliphatic carbocycles. The normalized spacial score (nSPS) is 13.3. The molecule has 178 valence electrons. The molecule has 4 rings (SSSR count). The van der Waals surface area contributed by atoms with Crippen LogP contribution in [0.2, 0.25) is 5.02 Å². The van der Waals surface area contributed by atoms with Crippen molar-refractivity contribution < 1.29 is 28.7 Å². The molecule has 9 heteroatoms. The molecular formula is C26H21ClN2O6. The maximum atomic E-state index is 13.0. The van der Waals surface area contributed by atoms with E-state index in [2.05, 4.69) is 5.32 Å². The standard InChI is InChI=1S/C26H21ClN2O6/c1-34-21-12-11-17(15-20(21)27)28-24(31)23(16-7-3-2-4-8-16)35-22(30)13-14-29-25(32)18-9-5-6-10-19(18)26(29)33/h2-12,15,23H,13-14H2,1H3,(H,28,31). The zero-order valence-corrected chi connectivity index (χ0v) is 19.5. The monoisotopic (exact) mass is 492 g/mol. The van der Waals surface area contributed by atoms with Crippen molar-refractivity contribution in [2.75, 3.05) is 19.0 Å². The van der Waals surface area contributed by atoms with E-state index in [9.17, 15) is 19.2 Å². The lowest BCUT2D eigenvalue weighted by Crippen LogP contribution is -2.33. The summed E-state index contributed by atoms with van der Waals surface area (Å²) in [4.78, 5) is 51.8. The molecule has 1 aliphatic rings. The molecule has 0 aromatic heterocycles. The first-order chi connectivity index (χ1) is 16.9. The van der Waals surface area contributed by atoms with Crippen LogP contribution in [0.1, 0.15) is 38.8 Å². The Morgan fingerprint density at radius 3 is 2.17 bits per heavy atom. The zero-order chi connectivity index (χ0) is 24.9. The Morgan fingerprint density at radius 2 is 1.57 bits per heavy atom. The predicted octanol–water partition coefficient (Wildman–Crippen LogP) is 4.26. The molecule has 0 bridgehead atoms. The molecule has 0 saturated heterocycles. The van der Waals surface area contributed by atoms with Crippen molar-refractivity contribution in [3.05, 3.63) is 94.5 Å². The quantitative estimate of drug-likeness (QED) is 0.372. The van der Waals surface area contributed by atoms with E-state index in [1.165, 1.54) is 13.2 Å². The summed E-state index contributed by atoms with van der Waals surface area (Å²) in [5.74, 6) is -1.81. The number of amides is 3. The van der Waals surface area contributed by atoms with Crippen molar-refractivity contribution >= 4 is 41.0 Å². The number of esters is 1. The summed E-state index contributed by atoms with van der Waals surface area (Å²) in [6, 6.07) is 19.7. The van der Waals surface area contributed by atoms with Gasteiger partial charge in [-0.2, -0.15) is 0 Å². The number of carbonyl (C=O) groups excluding carboxylic acids is 4. The number of nitrogens with zero attached hydrogens (tertiary/aromatic N) is 1. The molecule has 35 heavy (non-hydrogen) atoms. The first-order valence-electron chi connectivity index (χ1n) is 10.7. The SMILES string of the molecule is COc1ccc(NC(=O)C(OC(=O)CCN2C(=O)c3ccccc3C2=O)c2ccccc2)cc1Cl. The van der Waals surface area contributed by atoms with Gasteiger partial charge in [0.1, 0.15) is 5.75 Å². The highest BCUT2D eigenvalue weighted by Crippen LogP contribution is 2.29. The van der Waals surface area contributed by atoms with Gasteiger partial charge in [-0.25, -0.2) is 0 Å². The number of hydrogen-bond donors (Lipinski definition) is 1. The summed E-state index contributed by atoms with van der Waals surface area (Å²) in [6.07, 6.45) is -1.53. The van der Waals surface area contributed by atoms with Crippen molar-refractivity contribution in [3.63, 3.8) is 0 Å². The van der Waals surface area contributed by atoms with Gasteiger partial charge in [-0.05, 0) is 30.3 Å². The van der Waals surface area contributed by atoms with Crippen LogP contribution >= 0.6 is 11.6 Å². The molecule has 1 aliphatic heterocycles. The van der Waals surface area contributed by atoms with Gasteiger partial charge in [-0.1, -0.05) is 54.1 Å². The third-order valence-corrected chi connectivity index (χ3v) is 5.72. The fourth-order valence-corrected chi connectivity index (χ4v) is 3.95. The van der Waals surface area contributed by atoms with Crippen molar-refractivity contribution in [1.82, 2.24) is 4.90 Å². The number of carbonyl (C=O) groups is 4. The third kappa shape index (κ3) is 5.17. The number of methoxy groups -OCH3 is 1. The second-order valence-electron chi connectivity index (χ2n) is 7.68. The summed E-state index contributed by atoms with van der Waals surface area (Å²) >= 11 is 6.13. The third-order valence-electron chi connectivity index (χ3n) is 5.43. The van der Waals surface area contributed by atoms with Crippen LogP contribution in [-0.2, 0) is 14.3 Å². The van der Waals surface area contributed by atoms with E-state index in [-0.39, 0.29) is 13.0 Å². The number of rotatable bonds is 8. The number of nitrogens with one attached hydrogen (secondary N) is 1. The molecular weight excluding hydrogens is 472 g/mol. The Bertz CT molecular complexity index is 1260. The number of halogens is 1. The van der Waals surface area contributed by atoms with Gasteiger partial charge in [0.15, 0.2) is 0 Å². The fourth-order valence-electron chi connectivity index (χ4n) is 3.69. The first-order valence-corrected chi connectivity index (χ1v) is 11.1. The number of fused-ring (bicyclic) bond motifs is 1. The number of benzene rings is 3. The second-order valence-corrected chi connectivity index (χ2v) is 8.08. The van der Waals surface area contributed by atoms with Crippen molar-refractivity contribution in [2.24, 2.45) is 0 Å². The second kappa shape index (κ2) is 10.4. The average Bonchev–Trinajstić information content (AvgIpc) is 3.11. The van der Waals surface area contributed by atoms with Crippen LogP contribution in [0.4, 0.5) is 5.69 Å². The van der Waals surface area contributed by atoms with Crippen LogP contribution in [0.3, 0.4) is 0 Å². The lowest BCUT2D eigenvalue weighted by molar-refractivity contribution is -0.154. The van der Waals surface area contributed by atoms with E-state index in [0.29, 0.717) is 33.1 Å². The lowest BCUT2D eigenvalue weighted by atomic mass is 10.1. The van der Waals surface area contributed by atoms with Crippen molar-refractivity contribution in [1.29, 1.82) is 0 Å². The van der Waals surface area contributed by atoms with E-state index in [0.717, 1.165) is 4.90 Å². The molecule has 1 atom stereocenters. The summed E-state index contributed by atoms with van der Waals surface area (Å²) in [5, 5.41) is 2.99. The molecule has 0 spiro atoms. The van der Waals surface area contributed by atoms with E-state index in [4.69, 9.17) is 21.1 Å². The Labute approximate surface area is 206 Å². The van der Waals surface area contributed by atoms with Gasteiger partial charge in [0.2, 0.25) is 6.10 Å². The van der Waals surface area contributed by atoms with E-state index < -0.39 is 29.8 Å². The fraction of sp³-hybridized carbons (Fsp3) is 0.154. The molecule has 0 radical (unpaired) electrons. The number of ether oxygens (including phenoxy) is 2. The zero-order valence-electron chi connectivity index (χ0n) is 18.7. The molecule has 1 heterocycles. The Hall–Kier alpha value is -4.17. The minimum absolute atomic E-state index is 0.164. The highest BCUT2D eigenvalue weighted by Gasteiger charge is 2.35. The highest BCUT2D eigenvalue weighted by atomic mass is 35.5. The minimum Gasteiger partial charge on any atom is -0.495 e. The molecule has 1 N–H and O–H groups in total. The number of hydrogen-bond acceptors (Lipinski definition) is 6. The largest absolute Gasteiger partial charge is 0.495 e. The van der Waals surface area contributed by atoms with Crippen LogP contribution in [-0.4, -0.2) is 42.2 Å². The molecule has 0 saturated carbocycles. The first kappa shape index (κ1) is 24.0. The molecule has 3 aromatic carbocycles. The van der Waals surface area contributed by atoms with Crippen molar-refractivity contribution in [3.8, 4) is 5.75 Å². The predicted molar refractivity (Wildman–Crippen MR) is 128 cm³/mol. The smallest absolute Gasteiger partial charge is 0.308 e. The van der Waals surface area contributed by atoms with Gasteiger partial charge >= 0.3 is 5.97 Å². The van der Waals surface area contributed by atoms with Crippen LogP contribution < -0.4 is 10.1 Å².